The van der Waals surface area contributed by atoms with Gasteiger partial charge in [-0.15, -0.1) is 0 Å². The first-order valence-corrected chi connectivity index (χ1v) is 6.16. The van der Waals surface area contributed by atoms with E-state index in [1.54, 1.807) is 32.0 Å². The van der Waals surface area contributed by atoms with Gasteiger partial charge in [-0.3, -0.25) is 4.79 Å². The monoisotopic (exact) mass is 271 g/mol. The van der Waals surface area contributed by atoms with Crippen molar-refractivity contribution in [3.05, 3.63) is 58.8 Å². The number of nitrogens with one attached hydrogen (secondary N) is 1. The first-order chi connectivity index (χ1) is 9.56. The van der Waals surface area contributed by atoms with Gasteiger partial charge in [0, 0.05) is 5.56 Å². The van der Waals surface area contributed by atoms with Crippen molar-refractivity contribution in [3.63, 3.8) is 0 Å². The Balaban J connectivity index is 1.92. The number of hydrogen-bond donors (Lipinski definition) is 1. The third-order valence-electron chi connectivity index (χ3n) is 2.70. The molecule has 2 aromatic rings. The molecule has 0 saturated carbocycles. The average Bonchev–Trinajstić information content (AvgIpc) is 2.75. The maximum Gasteiger partial charge on any atom is 0.255 e. The van der Waals surface area contributed by atoms with Crippen LogP contribution in [0.1, 0.15) is 27.4 Å². The van der Waals surface area contributed by atoms with Gasteiger partial charge in [-0.25, -0.2) is 4.39 Å². The standard InChI is InChI=1S/C16H14FNO2/c1-11-10-15(12(2)20-11)16(19)18-9-3-4-13-5-7-14(17)8-6-13/h5-8,10H,9H2,1-2H3,(H,18,19). The number of halogens is 1. The lowest BCUT2D eigenvalue weighted by Crippen LogP contribution is -2.23. The van der Waals surface area contributed by atoms with E-state index < -0.39 is 0 Å². The number of rotatable bonds is 2. The summed E-state index contributed by atoms with van der Waals surface area (Å²) in [5, 5.41) is 2.69. The second-order valence-electron chi connectivity index (χ2n) is 4.32. The van der Waals surface area contributed by atoms with Gasteiger partial charge in [0.15, 0.2) is 0 Å². The maximum atomic E-state index is 12.7. The van der Waals surface area contributed by atoms with Crippen LogP contribution in [0.15, 0.2) is 34.7 Å². The van der Waals surface area contributed by atoms with E-state index in [0.717, 1.165) is 0 Å². The molecule has 0 unspecified atom stereocenters. The molecule has 1 aromatic heterocycles. The Bertz CT molecular complexity index is 675. The third kappa shape index (κ3) is 3.48. The fourth-order valence-electron chi connectivity index (χ4n) is 1.76. The summed E-state index contributed by atoms with van der Waals surface area (Å²) in [5.41, 5.74) is 1.22. The Morgan fingerprint density at radius 2 is 2.00 bits per heavy atom. The van der Waals surface area contributed by atoms with Gasteiger partial charge in [0.25, 0.3) is 5.91 Å². The van der Waals surface area contributed by atoms with E-state index in [0.29, 0.717) is 22.6 Å². The summed E-state index contributed by atoms with van der Waals surface area (Å²) < 4.78 is 18.0. The van der Waals surface area contributed by atoms with Crippen LogP contribution < -0.4 is 5.32 Å². The molecule has 0 radical (unpaired) electrons. The minimum absolute atomic E-state index is 0.215. The summed E-state index contributed by atoms with van der Waals surface area (Å²) in [4.78, 5) is 11.8. The molecule has 0 aliphatic heterocycles. The molecule has 0 spiro atoms. The van der Waals surface area contributed by atoms with Crippen molar-refractivity contribution >= 4 is 5.91 Å². The highest BCUT2D eigenvalue weighted by molar-refractivity contribution is 5.95. The fraction of sp³-hybridized carbons (Fsp3) is 0.188. The maximum absolute atomic E-state index is 12.7. The Morgan fingerprint density at radius 3 is 2.60 bits per heavy atom. The fourth-order valence-corrected chi connectivity index (χ4v) is 1.76. The Hall–Kier alpha value is -2.54. The van der Waals surface area contributed by atoms with Crippen LogP contribution in [0.3, 0.4) is 0 Å². The van der Waals surface area contributed by atoms with Crippen molar-refractivity contribution in [1.82, 2.24) is 5.32 Å². The smallest absolute Gasteiger partial charge is 0.255 e. The predicted octanol–water partition coefficient (Wildman–Crippen LogP) is 2.82. The Morgan fingerprint density at radius 1 is 1.30 bits per heavy atom. The summed E-state index contributed by atoms with van der Waals surface area (Å²) in [5.74, 6) is 6.43. The zero-order valence-corrected chi connectivity index (χ0v) is 11.3. The van der Waals surface area contributed by atoms with Crippen LogP contribution in [0.5, 0.6) is 0 Å². The van der Waals surface area contributed by atoms with E-state index in [9.17, 15) is 9.18 Å². The lowest BCUT2D eigenvalue weighted by Gasteiger charge is -1.98. The number of aryl methyl sites for hydroxylation is 2. The summed E-state index contributed by atoms with van der Waals surface area (Å²) in [7, 11) is 0. The molecule has 1 N–H and O–H groups in total. The van der Waals surface area contributed by atoms with E-state index in [1.807, 2.05) is 0 Å². The lowest BCUT2D eigenvalue weighted by atomic mass is 10.2. The van der Waals surface area contributed by atoms with E-state index in [1.165, 1.54) is 12.1 Å². The van der Waals surface area contributed by atoms with Gasteiger partial charge in [0.1, 0.15) is 17.3 Å². The quantitative estimate of drug-likeness (QED) is 0.853. The van der Waals surface area contributed by atoms with Crippen LogP contribution in [0.4, 0.5) is 4.39 Å². The molecule has 1 heterocycles. The molecular weight excluding hydrogens is 257 g/mol. The number of benzene rings is 1. The van der Waals surface area contributed by atoms with Gasteiger partial charge in [-0.05, 0) is 44.2 Å². The molecule has 0 aliphatic rings. The number of amides is 1. The van der Waals surface area contributed by atoms with Gasteiger partial charge in [-0.2, -0.15) is 0 Å². The van der Waals surface area contributed by atoms with Crippen molar-refractivity contribution < 1.29 is 13.6 Å². The van der Waals surface area contributed by atoms with Gasteiger partial charge in [0.05, 0.1) is 12.1 Å². The normalized spacial score (nSPS) is 9.75. The molecule has 3 nitrogen and oxygen atoms in total. The van der Waals surface area contributed by atoms with Crippen LogP contribution in [-0.4, -0.2) is 12.5 Å². The summed E-state index contributed by atoms with van der Waals surface area (Å²) >= 11 is 0. The van der Waals surface area contributed by atoms with Crippen molar-refractivity contribution in [3.8, 4) is 11.8 Å². The van der Waals surface area contributed by atoms with Crippen LogP contribution in [0.2, 0.25) is 0 Å². The minimum Gasteiger partial charge on any atom is -0.466 e. The second kappa shape index (κ2) is 6.07. The van der Waals surface area contributed by atoms with Crippen molar-refractivity contribution in [2.75, 3.05) is 6.54 Å². The number of carbonyl (C=O) groups is 1. The van der Waals surface area contributed by atoms with E-state index in [2.05, 4.69) is 17.2 Å². The molecule has 4 heteroatoms. The number of hydrogen-bond acceptors (Lipinski definition) is 2. The topological polar surface area (TPSA) is 42.2 Å². The zero-order chi connectivity index (χ0) is 14.5. The van der Waals surface area contributed by atoms with E-state index >= 15 is 0 Å². The van der Waals surface area contributed by atoms with Gasteiger partial charge >= 0.3 is 0 Å². The SMILES string of the molecule is Cc1cc(C(=O)NCC#Cc2ccc(F)cc2)c(C)o1. The molecule has 20 heavy (non-hydrogen) atoms. The van der Waals surface area contributed by atoms with E-state index in [4.69, 9.17) is 4.42 Å². The van der Waals surface area contributed by atoms with Gasteiger partial charge in [0.2, 0.25) is 0 Å². The Kier molecular flexibility index (Phi) is 4.21. The molecule has 0 aliphatic carbocycles. The lowest BCUT2D eigenvalue weighted by molar-refractivity contribution is 0.0957. The molecule has 0 atom stereocenters. The van der Waals surface area contributed by atoms with Crippen LogP contribution in [0.25, 0.3) is 0 Å². The van der Waals surface area contributed by atoms with Crippen molar-refractivity contribution in [1.29, 1.82) is 0 Å². The largest absolute Gasteiger partial charge is 0.466 e. The first-order valence-electron chi connectivity index (χ1n) is 6.16. The van der Waals surface area contributed by atoms with Crippen LogP contribution in [-0.2, 0) is 0 Å². The highest BCUT2D eigenvalue weighted by atomic mass is 19.1. The molecule has 0 bridgehead atoms. The molecule has 0 fully saturated rings. The summed E-state index contributed by atoms with van der Waals surface area (Å²) in [6.45, 7) is 3.75. The molecule has 102 valence electrons. The second-order valence-corrected chi connectivity index (χ2v) is 4.32. The number of furan rings is 1. The van der Waals surface area contributed by atoms with Gasteiger partial charge in [-0.1, -0.05) is 11.8 Å². The van der Waals surface area contributed by atoms with Crippen molar-refractivity contribution in [2.45, 2.75) is 13.8 Å². The van der Waals surface area contributed by atoms with Crippen LogP contribution >= 0.6 is 0 Å². The molecular formula is C16H14FNO2. The average molecular weight is 271 g/mol. The molecule has 1 amide bonds. The molecule has 1 aromatic carbocycles. The number of carbonyl (C=O) groups excluding carboxylic acids is 1. The minimum atomic E-state index is -0.297. The highest BCUT2D eigenvalue weighted by Crippen LogP contribution is 2.12. The Labute approximate surface area is 116 Å². The zero-order valence-electron chi connectivity index (χ0n) is 11.3. The highest BCUT2D eigenvalue weighted by Gasteiger charge is 2.11. The van der Waals surface area contributed by atoms with Crippen LogP contribution in [0, 0.1) is 31.5 Å². The van der Waals surface area contributed by atoms with E-state index in [-0.39, 0.29) is 18.3 Å². The van der Waals surface area contributed by atoms with Gasteiger partial charge < -0.3 is 9.73 Å². The van der Waals surface area contributed by atoms with Crippen molar-refractivity contribution in [2.24, 2.45) is 0 Å². The summed E-state index contributed by atoms with van der Waals surface area (Å²) in [6.07, 6.45) is 0. The third-order valence-corrected chi connectivity index (χ3v) is 2.70. The first kappa shape index (κ1) is 13.9. The summed E-state index contributed by atoms with van der Waals surface area (Å²) in [6, 6.07) is 7.57. The molecule has 2 rings (SSSR count). The molecule has 0 saturated heterocycles. The predicted molar refractivity (Wildman–Crippen MR) is 73.8 cm³/mol.